The number of hydrogen-bond acceptors (Lipinski definition) is 5. The fourth-order valence-corrected chi connectivity index (χ4v) is 2.69. The van der Waals surface area contributed by atoms with Crippen LogP contribution in [0.15, 0.2) is 0 Å². The molecule has 3 aliphatic heterocycles. The molecule has 0 bridgehead atoms. The Balaban J connectivity index is 1.77. The van der Waals surface area contributed by atoms with Gasteiger partial charge in [-0.1, -0.05) is 0 Å². The number of alkyl halides is 2. The predicted octanol–water partition coefficient (Wildman–Crippen LogP) is 1.65. The van der Waals surface area contributed by atoms with Crippen LogP contribution in [-0.4, -0.2) is 48.7 Å². The molecule has 3 rings (SSSR count). The molecule has 0 saturated carbocycles. The quantitative estimate of drug-likeness (QED) is 0.731. The summed E-state index contributed by atoms with van der Waals surface area (Å²) < 4.78 is 55.3. The first-order valence-electron chi connectivity index (χ1n) is 6.31. The van der Waals surface area contributed by atoms with Crippen LogP contribution in [-0.2, 0) is 23.7 Å². The van der Waals surface area contributed by atoms with Crippen LogP contribution < -0.4 is 0 Å². The van der Waals surface area contributed by atoms with Gasteiger partial charge >= 0.3 is 5.92 Å². The van der Waals surface area contributed by atoms with E-state index < -0.39 is 42.1 Å². The first-order valence-corrected chi connectivity index (χ1v) is 6.31. The van der Waals surface area contributed by atoms with Gasteiger partial charge in [0.1, 0.15) is 6.10 Å². The number of halogens is 2. The summed E-state index contributed by atoms with van der Waals surface area (Å²) in [6, 6.07) is 0. The minimum atomic E-state index is -3.17. The molecule has 3 heterocycles. The average Bonchev–Trinajstić information content (AvgIpc) is 2.80. The zero-order valence-corrected chi connectivity index (χ0v) is 11.3. The zero-order valence-electron chi connectivity index (χ0n) is 11.3. The van der Waals surface area contributed by atoms with E-state index in [1.165, 1.54) is 0 Å². The van der Waals surface area contributed by atoms with Crippen molar-refractivity contribution in [3.8, 4) is 0 Å². The van der Waals surface area contributed by atoms with Crippen LogP contribution in [0.25, 0.3) is 0 Å². The van der Waals surface area contributed by atoms with Crippen molar-refractivity contribution in [2.75, 3.05) is 6.61 Å². The standard InChI is InChI=1S/C12H18F2O5/c1-10(2)15-5-6(17-10)7-12(13,14)8-9(16-7)19-11(3,4)18-8/h6-9H,5H2,1-4H3/t6?,7-,8?,9-/m1/s1. The summed E-state index contributed by atoms with van der Waals surface area (Å²) in [5.74, 6) is -5.11. The van der Waals surface area contributed by atoms with Crippen molar-refractivity contribution in [3.05, 3.63) is 0 Å². The number of fused-ring (bicyclic) bond motifs is 1. The molecule has 19 heavy (non-hydrogen) atoms. The van der Waals surface area contributed by atoms with Gasteiger partial charge in [0.25, 0.3) is 0 Å². The van der Waals surface area contributed by atoms with Gasteiger partial charge in [-0.15, -0.1) is 0 Å². The molecule has 0 N–H and O–H groups in total. The van der Waals surface area contributed by atoms with Crippen LogP contribution >= 0.6 is 0 Å². The van der Waals surface area contributed by atoms with Gasteiger partial charge in [-0.25, -0.2) is 8.78 Å². The lowest BCUT2D eigenvalue weighted by Gasteiger charge is -2.28. The lowest BCUT2D eigenvalue weighted by molar-refractivity contribution is -0.256. The molecule has 0 spiro atoms. The first-order chi connectivity index (χ1) is 8.61. The summed E-state index contributed by atoms with van der Waals surface area (Å²) in [6.07, 6.45) is -4.71. The summed E-state index contributed by atoms with van der Waals surface area (Å²) in [6.45, 7) is 6.58. The lowest BCUT2D eigenvalue weighted by atomic mass is 10.1. The highest BCUT2D eigenvalue weighted by molar-refractivity contribution is 5.03. The van der Waals surface area contributed by atoms with E-state index >= 15 is 0 Å². The Bertz CT molecular complexity index is 384. The summed E-state index contributed by atoms with van der Waals surface area (Å²) in [5.41, 5.74) is 0. The normalized spacial score (nSPS) is 46.4. The van der Waals surface area contributed by atoms with Crippen molar-refractivity contribution in [3.63, 3.8) is 0 Å². The van der Waals surface area contributed by atoms with Crippen LogP contribution in [0, 0.1) is 0 Å². The highest BCUT2D eigenvalue weighted by atomic mass is 19.3. The van der Waals surface area contributed by atoms with E-state index in [2.05, 4.69) is 0 Å². The Kier molecular flexibility index (Phi) is 2.77. The van der Waals surface area contributed by atoms with E-state index in [1.807, 2.05) is 0 Å². The molecule has 0 aromatic heterocycles. The maximum Gasteiger partial charge on any atom is 0.307 e. The molecule has 0 aliphatic carbocycles. The van der Waals surface area contributed by atoms with Crippen LogP contribution in [0.1, 0.15) is 27.7 Å². The van der Waals surface area contributed by atoms with E-state index in [0.717, 1.165) is 0 Å². The molecular weight excluding hydrogens is 262 g/mol. The molecule has 0 amide bonds. The molecule has 2 unspecified atom stereocenters. The molecule has 3 aliphatic rings. The molecule has 3 saturated heterocycles. The summed E-state index contributed by atoms with van der Waals surface area (Å²) in [5, 5.41) is 0. The molecule has 3 fully saturated rings. The maximum atomic E-state index is 14.3. The van der Waals surface area contributed by atoms with Crippen molar-refractivity contribution in [1.29, 1.82) is 0 Å². The molecule has 5 nitrogen and oxygen atoms in total. The topological polar surface area (TPSA) is 46.2 Å². The van der Waals surface area contributed by atoms with Crippen LogP contribution in [0.2, 0.25) is 0 Å². The third-order valence-corrected chi connectivity index (χ3v) is 3.47. The second-order valence-electron chi connectivity index (χ2n) is 6.02. The van der Waals surface area contributed by atoms with Crippen LogP contribution in [0.3, 0.4) is 0 Å². The second-order valence-corrected chi connectivity index (χ2v) is 6.02. The van der Waals surface area contributed by atoms with Crippen LogP contribution in [0.5, 0.6) is 0 Å². The Morgan fingerprint density at radius 2 is 1.58 bits per heavy atom. The van der Waals surface area contributed by atoms with E-state index in [4.69, 9.17) is 23.7 Å². The molecule has 0 aromatic carbocycles. The number of hydrogen-bond donors (Lipinski definition) is 0. The highest BCUT2D eigenvalue weighted by Crippen LogP contribution is 2.48. The molecular formula is C12H18F2O5. The van der Waals surface area contributed by atoms with Crippen molar-refractivity contribution in [2.24, 2.45) is 0 Å². The Morgan fingerprint density at radius 1 is 0.895 bits per heavy atom. The Labute approximate surface area is 110 Å². The SMILES string of the molecule is CC1(C)OCC([C@H]2O[C@@H]3OC(C)(C)OC3C2(F)F)O1. The van der Waals surface area contributed by atoms with Gasteiger partial charge < -0.3 is 23.7 Å². The highest BCUT2D eigenvalue weighted by Gasteiger charge is 2.68. The third kappa shape index (κ3) is 2.17. The molecule has 0 aromatic rings. The Hall–Kier alpha value is -0.340. The van der Waals surface area contributed by atoms with E-state index in [1.54, 1.807) is 27.7 Å². The minimum absolute atomic E-state index is 0.0656. The lowest BCUT2D eigenvalue weighted by Crippen LogP contribution is -2.47. The Morgan fingerprint density at radius 3 is 2.11 bits per heavy atom. The first kappa shape index (κ1) is 13.6. The fraction of sp³-hybridized carbons (Fsp3) is 1.00. The van der Waals surface area contributed by atoms with Crippen LogP contribution in [0.4, 0.5) is 8.78 Å². The van der Waals surface area contributed by atoms with Gasteiger partial charge in [-0.2, -0.15) is 0 Å². The van der Waals surface area contributed by atoms with Crippen molar-refractivity contribution >= 4 is 0 Å². The predicted molar refractivity (Wildman–Crippen MR) is 58.5 cm³/mol. The third-order valence-electron chi connectivity index (χ3n) is 3.47. The van der Waals surface area contributed by atoms with E-state index in [9.17, 15) is 8.78 Å². The van der Waals surface area contributed by atoms with Gasteiger partial charge in [-0.05, 0) is 27.7 Å². The second kappa shape index (κ2) is 3.85. The maximum absolute atomic E-state index is 14.3. The smallest absolute Gasteiger partial charge is 0.307 e. The summed E-state index contributed by atoms with van der Waals surface area (Å²) in [7, 11) is 0. The van der Waals surface area contributed by atoms with E-state index in [0.29, 0.717) is 0 Å². The van der Waals surface area contributed by atoms with E-state index in [-0.39, 0.29) is 6.61 Å². The monoisotopic (exact) mass is 280 g/mol. The van der Waals surface area contributed by atoms with Gasteiger partial charge in [0.15, 0.2) is 30.1 Å². The van der Waals surface area contributed by atoms with Gasteiger partial charge in [-0.3, -0.25) is 0 Å². The molecule has 110 valence electrons. The molecule has 4 atom stereocenters. The van der Waals surface area contributed by atoms with Gasteiger partial charge in [0.05, 0.1) is 6.61 Å². The molecule has 0 radical (unpaired) electrons. The van der Waals surface area contributed by atoms with Gasteiger partial charge in [0.2, 0.25) is 0 Å². The average molecular weight is 280 g/mol. The summed E-state index contributed by atoms with van der Waals surface area (Å²) >= 11 is 0. The minimum Gasteiger partial charge on any atom is -0.348 e. The zero-order chi connectivity index (χ0) is 14.1. The van der Waals surface area contributed by atoms with Gasteiger partial charge in [0, 0.05) is 0 Å². The fourth-order valence-electron chi connectivity index (χ4n) is 2.69. The molecule has 7 heteroatoms. The number of ether oxygens (including phenoxy) is 5. The number of rotatable bonds is 1. The van der Waals surface area contributed by atoms with Crippen molar-refractivity contribution in [2.45, 2.75) is 69.8 Å². The summed E-state index contributed by atoms with van der Waals surface area (Å²) in [4.78, 5) is 0. The van der Waals surface area contributed by atoms with Crippen molar-refractivity contribution in [1.82, 2.24) is 0 Å². The largest absolute Gasteiger partial charge is 0.348 e. The van der Waals surface area contributed by atoms with Crippen molar-refractivity contribution < 1.29 is 32.5 Å².